The van der Waals surface area contributed by atoms with E-state index >= 15 is 0 Å². The first-order valence-electron chi connectivity index (χ1n) is 8.56. The molecular weight excluding hydrogens is 355 g/mol. The topological polar surface area (TPSA) is 28.1 Å². The van der Waals surface area contributed by atoms with Gasteiger partial charge in [-0.25, -0.2) is 9.38 Å². The summed E-state index contributed by atoms with van der Waals surface area (Å²) in [5, 5.41) is 0. The van der Waals surface area contributed by atoms with Gasteiger partial charge in [-0.3, -0.25) is 0 Å². The van der Waals surface area contributed by atoms with Gasteiger partial charge in [-0.2, -0.15) is 8.78 Å². The predicted molar refractivity (Wildman–Crippen MR) is 103 cm³/mol. The third kappa shape index (κ3) is 5.15. The number of aliphatic imine (C=N–C) groups is 1. The molecule has 0 bridgehead atoms. The lowest BCUT2D eigenvalue weighted by Crippen LogP contribution is -2.14. The fourth-order valence-corrected chi connectivity index (χ4v) is 2.55. The standard InChI is InChI=1S/C20H24F3N3O/c1-6-25(4)12-24-17-9-14(3)18(10-13(17)2)26(5)15-7-8-16(21)19(11-15)27-20(22)23/h7-12,20H,6H2,1-5H3. The third-order valence-electron chi connectivity index (χ3n) is 4.29. The van der Waals surface area contributed by atoms with Crippen LogP contribution in [0.1, 0.15) is 18.1 Å². The predicted octanol–water partition coefficient (Wildman–Crippen LogP) is 5.42. The number of aryl methyl sites for hydroxylation is 2. The van der Waals surface area contributed by atoms with E-state index in [-0.39, 0.29) is 0 Å². The molecule has 0 saturated heterocycles. The number of alkyl halides is 2. The zero-order chi connectivity index (χ0) is 20.1. The van der Waals surface area contributed by atoms with Crippen LogP contribution in [0.25, 0.3) is 0 Å². The molecule has 0 heterocycles. The quantitative estimate of drug-likeness (QED) is 0.475. The lowest BCUT2D eigenvalue weighted by molar-refractivity contribution is -0.0521. The van der Waals surface area contributed by atoms with Crippen molar-refractivity contribution in [1.82, 2.24) is 4.90 Å². The van der Waals surface area contributed by atoms with Crippen molar-refractivity contribution >= 4 is 23.4 Å². The molecular formula is C20H24F3N3O. The summed E-state index contributed by atoms with van der Waals surface area (Å²) >= 11 is 0. The molecule has 2 rings (SSSR count). The molecule has 0 spiro atoms. The highest BCUT2D eigenvalue weighted by Gasteiger charge is 2.15. The van der Waals surface area contributed by atoms with E-state index in [9.17, 15) is 13.2 Å². The fourth-order valence-electron chi connectivity index (χ4n) is 2.55. The van der Waals surface area contributed by atoms with Gasteiger partial charge >= 0.3 is 6.61 Å². The van der Waals surface area contributed by atoms with Gasteiger partial charge in [-0.15, -0.1) is 0 Å². The maximum Gasteiger partial charge on any atom is 0.387 e. The smallest absolute Gasteiger partial charge is 0.387 e. The molecule has 0 aliphatic carbocycles. The van der Waals surface area contributed by atoms with Gasteiger partial charge in [0.1, 0.15) is 0 Å². The first-order valence-corrected chi connectivity index (χ1v) is 8.56. The van der Waals surface area contributed by atoms with Crippen LogP contribution in [0.15, 0.2) is 35.3 Å². The van der Waals surface area contributed by atoms with Crippen molar-refractivity contribution in [2.45, 2.75) is 27.4 Å². The Labute approximate surface area is 157 Å². The maximum atomic E-state index is 13.7. The maximum absolute atomic E-state index is 13.7. The molecule has 0 radical (unpaired) electrons. The number of hydrogen-bond acceptors (Lipinski definition) is 3. The Hall–Kier alpha value is -2.70. The molecule has 0 unspecified atom stereocenters. The van der Waals surface area contributed by atoms with Crippen LogP contribution >= 0.6 is 0 Å². The zero-order valence-corrected chi connectivity index (χ0v) is 16.1. The van der Waals surface area contributed by atoms with Crippen LogP contribution in [-0.4, -0.2) is 38.5 Å². The molecule has 27 heavy (non-hydrogen) atoms. The van der Waals surface area contributed by atoms with E-state index in [0.717, 1.165) is 35.1 Å². The number of ether oxygens (including phenoxy) is 1. The summed E-state index contributed by atoms with van der Waals surface area (Å²) in [6.45, 7) is 3.70. The first-order chi connectivity index (χ1) is 12.7. The molecule has 2 aromatic carbocycles. The molecule has 0 atom stereocenters. The van der Waals surface area contributed by atoms with Crippen LogP contribution in [0.4, 0.5) is 30.2 Å². The minimum absolute atomic E-state index is 0.479. The summed E-state index contributed by atoms with van der Waals surface area (Å²) in [7, 11) is 3.73. The summed E-state index contributed by atoms with van der Waals surface area (Å²) in [5.74, 6) is -1.31. The van der Waals surface area contributed by atoms with Crippen molar-refractivity contribution < 1.29 is 17.9 Å². The van der Waals surface area contributed by atoms with E-state index in [1.807, 2.05) is 44.9 Å². The molecule has 0 aliphatic rings. The van der Waals surface area contributed by atoms with Crippen molar-refractivity contribution in [2.24, 2.45) is 4.99 Å². The Bertz CT molecular complexity index is 824. The first kappa shape index (κ1) is 20.6. The van der Waals surface area contributed by atoms with Gasteiger partial charge < -0.3 is 14.5 Å². The number of nitrogens with zero attached hydrogens (tertiary/aromatic N) is 3. The van der Waals surface area contributed by atoms with Crippen LogP contribution in [0, 0.1) is 19.7 Å². The fraction of sp³-hybridized carbons (Fsp3) is 0.350. The van der Waals surface area contributed by atoms with Gasteiger partial charge in [0, 0.05) is 38.1 Å². The summed E-state index contributed by atoms with van der Waals surface area (Å²) < 4.78 is 42.8. The van der Waals surface area contributed by atoms with Crippen molar-refractivity contribution in [3.8, 4) is 5.75 Å². The van der Waals surface area contributed by atoms with Crippen molar-refractivity contribution in [2.75, 3.05) is 25.5 Å². The van der Waals surface area contributed by atoms with E-state index in [2.05, 4.69) is 9.73 Å². The van der Waals surface area contributed by atoms with Crippen LogP contribution in [0.2, 0.25) is 0 Å². The van der Waals surface area contributed by atoms with Gasteiger partial charge in [-0.05, 0) is 56.2 Å². The Morgan fingerprint density at radius 2 is 1.81 bits per heavy atom. The van der Waals surface area contributed by atoms with E-state index in [0.29, 0.717) is 5.69 Å². The molecule has 4 nitrogen and oxygen atoms in total. The average molecular weight is 379 g/mol. The number of benzene rings is 2. The van der Waals surface area contributed by atoms with E-state index < -0.39 is 18.2 Å². The van der Waals surface area contributed by atoms with Crippen molar-refractivity contribution in [1.29, 1.82) is 0 Å². The Morgan fingerprint density at radius 3 is 2.44 bits per heavy atom. The summed E-state index contributed by atoms with van der Waals surface area (Å²) in [6, 6.07) is 7.82. The Morgan fingerprint density at radius 1 is 1.11 bits per heavy atom. The molecule has 0 saturated carbocycles. The average Bonchev–Trinajstić information content (AvgIpc) is 2.62. The number of hydrogen-bond donors (Lipinski definition) is 0. The normalized spacial score (nSPS) is 11.3. The summed E-state index contributed by atoms with van der Waals surface area (Å²) in [5.41, 5.74) is 4.18. The highest BCUT2D eigenvalue weighted by Crippen LogP contribution is 2.34. The van der Waals surface area contributed by atoms with Crippen molar-refractivity contribution in [3.05, 3.63) is 47.3 Å². The molecule has 0 fully saturated rings. The van der Waals surface area contributed by atoms with Crippen LogP contribution in [0.5, 0.6) is 5.75 Å². The largest absolute Gasteiger partial charge is 0.432 e. The van der Waals surface area contributed by atoms with E-state index in [1.165, 1.54) is 12.1 Å². The van der Waals surface area contributed by atoms with E-state index in [1.54, 1.807) is 18.3 Å². The minimum Gasteiger partial charge on any atom is -0.432 e. The van der Waals surface area contributed by atoms with Gasteiger partial charge in [0.25, 0.3) is 0 Å². The monoisotopic (exact) mass is 379 g/mol. The Kier molecular flexibility index (Phi) is 6.71. The molecule has 7 heteroatoms. The summed E-state index contributed by atoms with van der Waals surface area (Å²) in [4.78, 5) is 8.27. The Balaban J connectivity index is 2.35. The molecule has 146 valence electrons. The van der Waals surface area contributed by atoms with Gasteiger partial charge in [0.15, 0.2) is 11.6 Å². The lowest BCUT2D eigenvalue weighted by Gasteiger charge is -2.23. The third-order valence-corrected chi connectivity index (χ3v) is 4.29. The van der Waals surface area contributed by atoms with Gasteiger partial charge in [0.05, 0.1) is 12.0 Å². The molecule has 0 N–H and O–H groups in total. The highest BCUT2D eigenvalue weighted by molar-refractivity contribution is 5.72. The molecule has 0 amide bonds. The second kappa shape index (κ2) is 8.79. The SMILES string of the molecule is CCN(C)C=Nc1cc(C)c(N(C)c2ccc(F)c(OC(F)F)c2)cc1C. The number of anilines is 2. The van der Waals surface area contributed by atoms with Gasteiger partial charge in [-0.1, -0.05) is 0 Å². The van der Waals surface area contributed by atoms with Crippen LogP contribution in [0.3, 0.4) is 0 Å². The van der Waals surface area contributed by atoms with Gasteiger partial charge in [0.2, 0.25) is 0 Å². The zero-order valence-electron chi connectivity index (χ0n) is 16.1. The number of halogens is 3. The van der Waals surface area contributed by atoms with Crippen molar-refractivity contribution in [3.63, 3.8) is 0 Å². The van der Waals surface area contributed by atoms with Crippen LogP contribution < -0.4 is 9.64 Å². The summed E-state index contributed by atoms with van der Waals surface area (Å²) in [6.07, 6.45) is 1.78. The minimum atomic E-state index is -3.08. The molecule has 0 aliphatic heterocycles. The second-order valence-electron chi connectivity index (χ2n) is 6.30. The highest BCUT2D eigenvalue weighted by atomic mass is 19.3. The second-order valence-corrected chi connectivity index (χ2v) is 6.30. The lowest BCUT2D eigenvalue weighted by atomic mass is 10.1. The van der Waals surface area contributed by atoms with E-state index in [4.69, 9.17) is 0 Å². The molecule has 0 aromatic heterocycles. The number of rotatable bonds is 7. The van der Waals surface area contributed by atoms with Crippen LogP contribution in [-0.2, 0) is 0 Å². The molecule has 2 aromatic rings.